The highest BCUT2D eigenvalue weighted by Crippen LogP contribution is 2.36. The number of alkyl halides is 3. The molecular weight excluding hydrogens is 375 g/mol. The second-order valence-corrected chi connectivity index (χ2v) is 6.89. The fourth-order valence-corrected chi connectivity index (χ4v) is 3.72. The topological polar surface area (TPSA) is 73.7 Å². The summed E-state index contributed by atoms with van der Waals surface area (Å²) < 4.78 is 38.3. The second-order valence-electron chi connectivity index (χ2n) is 6.49. The van der Waals surface area contributed by atoms with Gasteiger partial charge in [-0.15, -0.1) is 0 Å². The smallest absolute Gasteiger partial charge is 0.417 e. The SMILES string of the molecule is O=C(O)[C@H]1CCN(C(=O)[C@H]2CCCN2c2ncc(C(F)(F)F)cc2Cl)C1. The Morgan fingerprint density at radius 2 is 2.00 bits per heavy atom. The highest BCUT2D eigenvalue weighted by atomic mass is 35.5. The van der Waals surface area contributed by atoms with E-state index in [9.17, 15) is 22.8 Å². The number of carbonyl (C=O) groups is 2. The molecule has 0 unspecified atom stereocenters. The maximum Gasteiger partial charge on any atom is 0.417 e. The van der Waals surface area contributed by atoms with Crippen LogP contribution in [0.25, 0.3) is 0 Å². The van der Waals surface area contributed by atoms with Gasteiger partial charge in [0.1, 0.15) is 11.9 Å². The molecule has 0 aromatic carbocycles. The Balaban J connectivity index is 1.78. The van der Waals surface area contributed by atoms with Gasteiger partial charge in [-0.3, -0.25) is 9.59 Å². The lowest BCUT2D eigenvalue weighted by Gasteiger charge is -2.29. The molecule has 1 aromatic heterocycles. The summed E-state index contributed by atoms with van der Waals surface area (Å²) in [7, 11) is 0. The molecule has 0 saturated carbocycles. The predicted molar refractivity (Wildman–Crippen MR) is 86.9 cm³/mol. The van der Waals surface area contributed by atoms with Gasteiger partial charge < -0.3 is 14.9 Å². The zero-order valence-corrected chi connectivity index (χ0v) is 14.4. The highest BCUT2D eigenvalue weighted by molar-refractivity contribution is 6.33. The average Bonchev–Trinajstić information content (AvgIpc) is 3.23. The van der Waals surface area contributed by atoms with E-state index in [-0.39, 0.29) is 23.3 Å². The van der Waals surface area contributed by atoms with E-state index in [1.54, 1.807) is 4.90 Å². The first-order valence-electron chi connectivity index (χ1n) is 8.19. The molecule has 1 amide bonds. The van der Waals surface area contributed by atoms with Gasteiger partial charge in [-0.1, -0.05) is 11.6 Å². The van der Waals surface area contributed by atoms with Gasteiger partial charge in [-0.25, -0.2) is 4.98 Å². The number of anilines is 1. The first kappa shape index (κ1) is 18.8. The number of carboxylic acid groups (broad SMARTS) is 1. The van der Waals surface area contributed by atoms with Crippen LogP contribution < -0.4 is 4.90 Å². The quantitative estimate of drug-likeness (QED) is 0.857. The molecule has 6 nitrogen and oxygen atoms in total. The predicted octanol–water partition coefficient (Wildman–Crippen LogP) is 2.66. The molecule has 1 aromatic rings. The summed E-state index contributed by atoms with van der Waals surface area (Å²) in [4.78, 5) is 30.8. The van der Waals surface area contributed by atoms with Gasteiger partial charge in [0.15, 0.2) is 0 Å². The molecule has 2 aliphatic heterocycles. The summed E-state index contributed by atoms with van der Waals surface area (Å²) >= 11 is 6.00. The third-order valence-corrected chi connectivity index (χ3v) is 5.09. The monoisotopic (exact) mass is 391 g/mol. The first-order chi connectivity index (χ1) is 12.2. The molecule has 3 heterocycles. The normalized spacial score (nSPS) is 23.5. The Hall–Kier alpha value is -2.03. The number of carboxylic acids is 1. The number of hydrogen-bond acceptors (Lipinski definition) is 4. The van der Waals surface area contributed by atoms with Crippen molar-refractivity contribution in [2.24, 2.45) is 5.92 Å². The number of amides is 1. The Morgan fingerprint density at radius 1 is 1.27 bits per heavy atom. The summed E-state index contributed by atoms with van der Waals surface area (Å²) in [5, 5.41) is 8.91. The summed E-state index contributed by atoms with van der Waals surface area (Å²) in [6, 6.07) is 0.212. The van der Waals surface area contributed by atoms with E-state index in [2.05, 4.69) is 4.98 Å². The van der Waals surface area contributed by atoms with Crippen molar-refractivity contribution in [3.63, 3.8) is 0 Å². The first-order valence-corrected chi connectivity index (χ1v) is 8.57. The van der Waals surface area contributed by atoms with Gasteiger partial charge in [-0.2, -0.15) is 13.2 Å². The number of hydrogen-bond donors (Lipinski definition) is 1. The highest BCUT2D eigenvalue weighted by Gasteiger charge is 2.40. The molecule has 2 aliphatic rings. The van der Waals surface area contributed by atoms with Crippen molar-refractivity contribution in [2.75, 3.05) is 24.5 Å². The van der Waals surface area contributed by atoms with Crippen LogP contribution in [0.4, 0.5) is 19.0 Å². The summed E-state index contributed by atoms with van der Waals surface area (Å²) in [6.07, 6.45) is -2.25. The minimum atomic E-state index is -4.54. The lowest BCUT2D eigenvalue weighted by atomic mass is 10.1. The molecule has 2 saturated heterocycles. The maximum atomic E-state index is 12.8. The molecular formula is C16H17ClF3N3O3. The van der Waals surface area contributed by atoms with Gasteiger partial charge in [0.2, 0.25) is 5.91 Å². The van der Waals surface area contributed by atoms with E-state index >= 15 is 0 Å². The van der Waals surface area contributed by atoms with Gasteiger partial charge >= 0.3 is 12.1 Å². The van der Waals surface area contributed by atoms with Crippen LogP contribution in [0.1, 0.15) is 24.8 Å². The van der Waals surface area contributed by atoms with Crippen LogP contribution in [0.5, 0.6) is 0 Å². The Labute approximate surface area is 152 Å². The number of aliphatic carboxylic acids is 1. The molecule has 10 heteroatoms. The molecule has 0 aliphatic carbocycles. The molecule has 142 valence electrons. The maximum absolute atomic E-state index is 12.8. The molecule has 2 atom stereocenters. The van der Waals surface area contributed by atoms with E-state index in [1.807, 2.05) is 0 Å². The van der Waals surface area contributed by atoms with Crippen LogP contribution in [0.2, 0.25) is 5.02 Å². The van der Waals surface area contributed by atoms with Crippen LogP contribution in [0.15, 0.2) is 12.3 Å². The fraction of sp³-hybridized carbons (Fsp3) is 0.562. The average molecular weight is 392 g/mol. The van der Waals surface area contributed by atoms with Crippen molar-refractivity contribution >= 4 is 29.3 Å². The van der Waals surface area contributed by atoms with Gasteiger partial charge in [0.25, 0.3) is 0 Å². The van der Waals surface area contributed by atoms with Crippen LogP contribution in [-0.2, 0) is 15.8 Å². The Morgan fingerprint density at radius 3 is 2.58 bits per heavy atom. The van der Waals surface area contributed by atoms with E-state index in [0.717, 1.165) is 6.07 Å². The van der Waals surface area contributed by atoms with Crippen LogP contribution in [0.3, 0.4) is 0 Å². The van der Waals surface area contributed by atoms with Crippen molar-refractivity contribution in [3.8, 4) is 0 Å². The molecule has 26 heavy (non-hydrogen) atoms. The number of nitrogens with zero attached hydrogens (tertiary/aromatic N) is 3. The van der Waals surface area contributed by atoms with E-state index < -0.39 is 29.7 Å². The molecule has 3 rings (SSSR count). The largest absolute Gasteiger partial charge is 0.481 e. The summed E-state index contributed by atoms with van der Waals surface area (Å²) in [5.74, 6) is -1.61. The van der Waals surface area contributed by atoms with Crippen molar-refractivity contribution in [1.82, 2.24) is 9.88 Å². The number of carbonyl (C=O) groups excluding carboxylic acids is 1. The van der Waals surface area contributed by atoms with Crippen LogP contribution in [0, 0.1) is 5.92 Å². The van der Waals surface area contributed by atoms with Crippen LogP contribution >= 0.6 is 11.6 Å². The van der Waals surface area contributed by atoms with Gasteiger partial charge in [-0.05, 0) is 25.3 Å². The van der Waals surface area contributed by atoms with Crippen molar-refractivity contribution in [2.45, 2.75) is 31.5 Å². The number of pyridine rings is 1. The lowest BCUT2D eigenvalue weighted by molar-refractivity contribution is -0.141. The van der Waals surface area contributed by atoms with Crippen molar-refractivity contribution in [1.29, 1.82) is 0 Å². The zero-order chi connectivity index (χ0) is 19.1. The molecule has 0 bridgehead atoms. The van der Waals surface area contributed by atoms with E-state index in [4.69, 9.17) is 16.7 Å². The van der Waals surface area contributed by atoms with Crippen molar-refractivity contribution in [3.05, 3.63) is 22.8 Å². The van der Waals surface area contributed by atoms with Gasteiger partial charge in [0.05, 0.1) is 16.5 Å². The number of halogens is 4. The third kappa shape index (κ3) is 3.58. The Bertz CT molecular complexity index is 728. The number of likely N-dealkylation sites (tertiary alicyclic amines) is 1. The van der Waals surface area contributed by atoms with Crippen LogP contribution in [-0.4, -0.2) is 52.5 Å². The van der Waals surface area contributed by atoms with E-state index in [1.165, 1.54) is 4.90 Å². The summed E-state index contributed by atoms with van der Waals surface area (Å²) in [5.41, 5.74) is -0.947. The fourth-order valence-electron chi connectivity index (χ4n) is 3.45. The standard InChI is InChI=1S/C16H17ClF3N3O3/c17-11-6-10(16(18,19)20)7-21-13(11)23-4-1-2-12(23)14(24)22-5-3-9(8-22)15(25)26/h6-7,9,12H,1-5,8H2,(H,25,26)/t9-,12+/m0/s1. The zero-order valence-electron chi connectivity index (χ0n) is 13.7. The van der Waals surface area contributed by atoms with Gasteiger partial charge in [0, 0.05) is 25.8 Å². The number of aromatic nitrogens is 1. The molecule has 1 N–H and O–H groups in total. The second kappa shape index (κ2) is 6.94. The van der Waals surface area contributed by atoms with Crippen molar-refractivity contribution < 1.29 is 27.9 Å². The Kier molecular flexibility index (Phi) is 5.01. The molecule has 0 radical (unpaired) electrons. The number of rotatable bonds is 3. The third-order valence-electron chi connectivity index (χ3n) is 4.81. The molecule has 2 fully saturated rings. The van der Waals surface area contributed by atoms with E-state index in [0.29, 0.717) is 38.5 Å². The molecule has 0 spiro atoms. The summed E-state index contributed by atoms with van der Waals surface area (Å²) in [6.45, 7) is 0.950. The minimum Gasteiger partial charge on any atom is -0.481 e. The minimum absolute atomic E-state index is 0.143. The lowest BCUT2D eigenvalue weighted by Crippen LogP contribution is -2.45.